The molecule has 0 bridgehead atoms. The number of nitrogens with two attached hydrogens (primary N) is 1. The molecule has 4 heterocycles. The summed E-state index contributed by atoms with van der Waals surface area (Å²) in [6.45, 7) is 7.89. The molecule has 34 heavy (non-hydrogen) atoms. The van der Waals surface area contributed by atoms with Gasteiger partial charge in [-0.2, -0.15) is 10.5 Å². The molecule has 2 aromatic carbocycles. The smallest absolute Gasteiger partial charge is 0.249 e. The number of anilines is 3. The molecule has 4 aliphatic heterocycles. The van der Waals surface area contributed by atoms with Gasteiger partial charge < -0.3 is 16.0 Å². The summed E-state index contributed by atoms with van der Waals surface area (Å²) in [6, 6.07) is 16.0. The SMILES string of the molecule is CC1=CC(C)(C)N2C(=O)C3(C(C#N)=C(N)N4C(=C3C#N)Nc3ccccc34)c3c(C)ccc1c32. The Hall–Kier alpha value is -4.49. The van der Waals surface area contributed by atoms with Crippen LogP contribution in [0.4, 0.5) is 17.1 Å². The maximum Gasteiger partial charge on any atom is 0.249 e. The molecule has 0 saturated carbocycles. The number of amides is 1. The highest BCUT2D eigenvalue weighted by molar-refractivity contribution is 6.19. The summed E-state index contributed by atoms with van der Waals surface area (Å²) in [7, 11) is 0. The van der Waals surface area contributed by atoms with Crippen LogP contribution in [0.5, 0.6) is 0 Å². The van der Waals surface area contributed by atoms with Crippen LogP contribution < -0.4 is 20.9 Å². The van der Waals surface area contributed by atoms with Gasteiger partial charge in [0.05, 0.1) is 33.7 Å². The van der Waals surface area contributed by atoms with Crippen molar-refractivity contribution in [3.63, 3.8) is 0 Å². The Bertz CT molecular complexity index is 1540. The Morgan fingerprint density at radius 3 is 2.44 bits per heavy atom. The van der Waals surface area contributed by atoms with E-state index in [0.717, 1.165) is 33.8 Å². The average Bonchev–Trinajstić information content (AvgIpc) is 3.29. The van der Waals surface area contributed by atoms with Gasteiger partial charge in [0, 0.05) is 11.1 Å². The largest absolute Gasteiger partial charge is 0.384 e. The second-order valence-electron chi connectivity index (χ2n) is 9.71. The first-order valence-corrected chi connectivity index (χ1v) is 11.1. The summed E-state index contributed by atoms with van der Waals surface area (Å²) < 4.78 is 0. The summed E-state index contributed by atoms with van der Waals surface area (Å²) in [4.78, 5) is 18.0. The summed E-state index contributed by atoms with van der Waals surface area (Å²) in [5.41, 5.74) is 10.4. The van der Waals surface area contributed by atoms with Crippen molar-refractivity contribution in [1.29, 1.82) is 10.5 Å². The number of rotatable bonds is 0. The zero-order chi connectivity index (χ0) is 24.2. The number of fused-ring (bicyclic) bond motifs is 4. The van der Waals surface area contributed by atoms with Crippen molar-refractivity contribution >= 4 is 28.5 Å². The number of nitrogens with one attached hydrogen (secondary N) is 1. The summed E-state index contributed by atoms with van der Waals surface area (Å²) in [5, 5.41) is 24.4. The van der Waals surface area contributed by atoms with Gasteiger partial charge in [-0.1, -0.05) is 30.3 Å². The molecule has 6 rings (SSSR count). The Labute approximate surface area is 197 Å². The van der Waals surface area contributed by atoms with E-state index < -0.39 is 11.0 Å². The average molecular weight is 447 g/mol. The topological polar surface area (TPSA) is 109 Å². The first kappa shape index (κ1) is 20.1. The zero-order valence-electron chi connectivity index (χ0n) is 19.3. The van der Waals surface area contributed by atoms with Crippen molar-refractivity contribution in [1.82, 2.24) is 0 Å². The summed E-state index contributed by atoms with van der Waals surface area (Å²) >= 11 is 0. The van der Waals surface area contributed by atoms with Gasteiger partial charge in [-0.15, -0.1) is 0 Å². The molecule has 2 aromatic rings. The molecule has 4 aliphatic rings. The Morgan fingerprint density at radius 2 is 1.74 bits per heavy atom. The Kier molecular flexibility index (Phi) is 3.61. The normalized spacial score (nSPS) is 23.2. The minimum absolute atomic E-state index is 0.0793. The van der Waals surface area contributed by atoms with Gasteiger partial charge in [0.2, 0.25) is 5.91 Å². The molecule has 0 radical (unpaired) electrons. The molecule has 7 nitrogen and oxygen atoms in total. The second kappa shape index (κ2) is 6.09. The van der Waals surface area contributed by atoms with Crippen LogP contribution in [0, 0.1) is 29.6 Å². The Morgan fingerprint density at radius 1 is 1.03 bits per heavy atom. The number of carbonyl (C=O) groups excluding carboxylic acids is 1. The van der Waals surface area contributed by atoms with Crippen molar-refractivity contribution in [3.8, 4) is 12.1 Å². The molecule has 166 valence electrons. The van der Waals surface area contributed by atoms with Crippen LogP contribution >= 0.6 is 0 Å². The van der Waals surface area contributed by atoms with Crippen molar-refractivity contribution in [2.24, 2.45) is 5.73 Å². The third kappa shape index (κ3) is 1.99. The number of aryl methyl sites for hydroxylation is 1. The van der Waals surface area contributed by atoms with E-state index in [9.17, 15) is 15.3 Å². The van der Waals surface area contributed by atoms with E-state index in [1.807, 2.05) is 64.1 Å². The maximum atomic E-state index is 14.6. The van der Waals surface area contributed by atoms with Crippen LogP contribution in [0.15, 0.2) is 65.3 Å². The van der Waals surface area contributed by atoms with Crippen LogP contribution in [0.1, 0.15) is 37.5 Å². The molecule has 1 spiro atoms. The number of carbonyl (C=O) groups is 1. The van der Waals surface area contributed by atoms with Gasteiger partial charge in [-0.25, -0.2) is 0 Å². The molecule has 0 fully saturated rings. The van der Waals surface area contributed by atoms with Crippen molar-refractivity contribution in [3.05, 3.63) is 82.0 Å². The standard InChI is InChI=1S/C27H22N6O/c1-14-9-10-16-15(2)11-26(3,4)33-22(16)21(14)27(25(33)34)17(12-28)23(30)32-20-8-6-5-7-19(20)31-24(32)18(27)13-29/h5-11,31H,30H2,1-4H3. The second-order valence-corrected chi connectivity index (χ2v) is 9.71. The number of benzene rings is 2. The zero-order valence-corrected chi connectivity index (χ0v) is 19.3. The van der Waals surface area contributed by atoms with Gasteiger partial charge in [0.1, 0.15) is 23.8 Å². The summed E-state index contributed by atoms with van der Waals surface area (Å²) in [5.74, 6) is 0.252. The lowest BCUT2D eigenvalue weighted by molar-refractivity contribution is -0.121. The predicted octanol–water partition coefficient (Wildman–Crippen LogP) is 4.15. The monoisotopic (exact) mass is 446 g/mol. The molecule has 1 unspecified atom stereocenters. The number of nitriles is 2. The van der Waals surface area contributed by atoms with E-state index in [2.05, 4.69) is 23.5 Å². The lowest BCUT2D eigenvalue weighted by Gasteiger charge is -2.41. The molecular formula is C27H22N6O. The summed E-state index contributed by atoms with van der Waals surface area (Å²) in [6.07, 6.45) is 2.06. The third-order valence-electron chi connectivity index (χ3n) is 7.41. The molecular weight excluding hydrogens is 424 g/mol. The van der Waals surface area contributed by atoms with Crippen LogP contribution in [0.25, 0.3) is 5.57 Å². The first-order valence-electron chi connectivity index (χ1n) is 11.1. The van der Waals surface area contributed by atoms with Crippen LogP contribution in [-0.4, -0.2) is 11.4 Å². The fourth-order valence-corrected chi connectivity index (χ4v) is 6.17. The predicted molar refractivity (Wildman–Crippen MR) is 130 cm³/mol. The van der Waals surface area contributed by atoms with Crippen LogP contribution in [-0.2, 0) is 10.2 Å². The molecule has 0 saturated heterocycles. The van der Waals surface area contributed by atoms with Crippen molar-refractivity contribution in [2.75, 3.05) is 15.1 Å². The number of hydrogen-bond acceptors (Lipinski definition) is 6. The molecule has 0 aliphatic carbocycles. The quantitative estimate of drug-likeness (QED) is 0.629. The van der Waals surface area contributed by atoms with Crippen LogP contribution in [0.3, 0.4) is 0 Å². The van der Waals surface area contributed by atoms with Gasteiger partial charge in [-0.3, -0.25) is 9.69 Å². The number of allylic oxidation sites excluding steroid dienone is 1. The molecule has 3 N–H and O–H groups in total. The van der Waals surface area contributed by atoms with E-state index in [4.69, 9.17) is 5.73 Å². The fourth-order valence-electron chi connectivity index (χ4n) is 6.17. The van der Waals surface area contributed by atoms with Gasteiger partial charge in [-0.05, 0) is 51.0 Å². The molecule has 0 aromatic heterocycles. The van der Waals surface area contributed by atoms with Crippen molar-refractivity contribution in [2.45, 2.75) is 38.6 Å². The van der Waals surface area contributed by atoms with E-state index in [1.54, 1.807) is 9.80 Å². The first-order chi connectivity index (χ1) is 16.2. The van der Waals surface area contributed by atoms with E-state index in [1.165, 1.54) is 0 Å². The van der Waals surface area contributed by atoms with Gasteiger partial charge >= 0.3 is 0 Å². The number of hydrogen-bond donors (Lipinski definition) is 2. The lowest BCUT2D eigenvalue weighted by Crippen LogP contribution is -2.54. The van der Waals surface area contributed by atoms with Crippen LogP contribution in [0.2, 0.25) is 0 Å². The van der Waals surface area contributed by atoms with Gasteiger partial charge in [0.15, 0.2) is 5.41 Å². The molecule has 7 heteroatoms. The highest BCUT2D eigenvalue weighted by atomic mass is 16.2. The van der Waals surface area contributed by atoms with Gasteiger partial charge in [0.25, 0.3) is 0 Å². The highest BCUT2D eigenvalue weighted by Crippen LogP contribution is 2.61. The third-order valence-corrected chi connectivity index (χ3v) is 7.41. The maximum absolute atomic E-state index is 14.6. The van der Waals surface area contributed by atoms with E-state index >= 15 is 0 Å². The van der Waals surface area contributed by atoms with Crippen molar-refractivity contribution < 1.29 is 4.79 Å². The fraction of sp³-hybridized carbons (Fsp3) is 0.222. The highest BCUT2D eigenvalue weighted by Gasteiger charge is 2.65. The lowest BCUT2D eigenvalue weighted by atomic mass is 9.66. The number of para-hydroxylation sites is 2. The molecule has 1 amide bonds. The van der Waals surface area contributed by atoms with E-state index in [-0.39, 0.29) is 22.9 Å². The minimum Gasteiger partial charge on any atom is -0.384 e. The van der Waals surface area contributed by atoms with E-state index in [0.29, 0.717) is 11.4 Å². The minimum atomic E-state index is -1.63. The Balaban J connectivity index is 1.79. The molecule has 1 atom stereocenters. The number of nitrogens with zero attached hydrogens (tertiary/aromatic N) is 4.